The average molecular weight is 279 g/mol. The van der Waals surface area contributed by atoms with Crippen LogP contribution in [0.1, 0.15) is 31.7 Å². The lowest BCUT2D eigenvalue weighted by Crippen LogP contribution is -2.00. The van der Waals surface area contributed by atoms with E-state index in [1.165, 1.54) is 25.0 Å². The maximum atomic E-state index is 13.1. The van der Waals surface area contributed by atoms with Crippen LogP contribution in [0.25, 0.3) is 0 Å². The molecule has 5 heteroatoms. The highest BCUT2D eigenvalue weighted by Crippen LogP contribution is 2.36. The molecule has 108 valence electrons. The maximum Gasteiger partial charge on any atom is 0.275 e. The van der Waals surface area contributed by atoms with Gasteiger partial charge in [0, 0.05) is 12.0 Å². The van der Waals surface area contributed by atoms with Crippen molar-refractivity contribution in [2.75, 3.05) is 6.61 Å². The van der Waals surface area contributed by atoms with E-state index in [1.54, 1.807) is 6.26 Å². The quantitative estimate of drug-likeness (QED) is 0.430. The van der Waals surface area contributed by atoms with Crippen molar-refractivity contribution in [3.05, 3.63) is 51.5 Å². The molecule has 1 aromatic rings. The molecule has 4 nitrogen and oxygen atoms in total. The Morgan fingerprint density at radius 1 is 1.55 bits per heavy atom. The first-order valence-corrected chi connectivity index (χ1v) is 6.82. The lowest BCUT2D eigenvalue weighted by Gasteiger charge is -2.08. The number of halogens is 1. The van der Waals surface area contributed by atoms with Gasteiger partial charge in [-0.3, -0.25) is 10.1 Å². The molecule has 0 unspecified atom stereocenters. The standard InChI is InChI=1S/C15H18FNO3/c1-2-20-10-12(7-11-3-4-11)8-13-5-6-14(16)9-15(13)17(18)19/h5-6,9-11H,2-4,7-8H2,1H3. The Hall–Kier alpha value is -1.91. The van der Waals surface area contributed by atoms with Gasteiger partial charge in [-0.1, -0.05) is 0 Å². The van der Waals surface area contributed by atoms with Gasteiger partial charge in [-0.25, -0.2) is 4.39 Å². The minimum absolute atomic E-state index is 0.164. The Balaban J connectivity index is 2.18. The summed E-state index contributed by atoms with van der Waals surface area (Å²) in [6.45, 7) is 2.46. The van der Waals surface area contributed by atoms with Gasteiger partial charge in [0.15, 0.2) is 0 Å². The first-order valence-electron chi connectivity index (χ1n) is 6.82. The monoisotopic (exact) mass is 279 g/mol. The molecule has 0 bridgehead atoms. The van der Waals surface area contributed by atoms with Gasteiger partial charge in [-0.15, -0.1) is 0 Å². The summed E-state index contributed by atoms with van der Waals surface area (Å²) in [6.07, 6.45) is 5.44. The zero-order chi connectivity index (χ0) is 14.5. The van der Waals surface area contributed by atoms with Crippen molar-refractivity contribution in [1.29, 1.82) is 0 Å². The molecule has 1 aliphatic carbocycles. The van der Waals surface area contributed by atoms with E-state index in [4.69, 9.17) is 4.74 Å². The lowest BCUT2D eigenvalue weighted by atomic mass is 10.00. The first-order chi connectivity index (χ1) is 9.60. The first kappa shape index (κ1) is 14.5. The Bertz CT molecular complexity index is 524. The molecule has 0 heterocycles. The molecule has 0 N–H and O–H groups in total. The number of allylic oxidation sites excluding steroid dienone is 1. The fourth-order valence-corrected chi connectivity index (χ4v) is 2.16. The molecule has 0 spiro atoms. The molecule has 0 radical (unpaired) electrons. The summed E-state index contributed by atoms with van der Waals surface area (Å²) in [6, 6.07) is 3.72. The van der Waals surface area contributed by atoms with Crippen LogP contribution in [0.2, 0.25) is 0 Å². The fraction of sp³-hybridized carbons (Fsp3) is 0.467. The molecule has 2 rings (SSSR count). The number of nitro groups is 1. The van der Waals surface area contributed by atoms with E-state index in [2.05, 4.69) is 0 Å². The smallest absolute Gasteiger partial charge is 0.275 e. The summed E-state index contributed by atoms with van der Waals surface area (Å²) >= 11 is 0. The van der Waals surface area contributed by atoms with Crippen molar-refractivity contribution >= 4 is 5.69 Å². The molecular formula is C15H18FNO3. The average Bonchev–Trinajstić information content (AvgIpc) is 3.21. The lowest BCUT2D eigenvalue weighted by molar-refractivity contribution is -0.385. The summed E-state index contributed by atoms with van der Waals surface area (Å²) in [5.74, 6) is 0.0826. The van der Waals surface area contributed by atoms with E-state index >= 15 is 0 Å². The molecule has 20 heavy (non-hydrogen) atoms. The number of nitrogens with zero attached hydrogens (tertiary/aromatic N) is 1. The van der Waals surface area contributed by atoms with E-state index in [0.29, 0.717) is 24.5 Å². The SMILES string of the molecule is CCOC=C(Cc1ccc(F)cc1[N+](=O)[O-])CC1CC1. The van der Waals surface area contributed by atoms with Crippen LogP contribution in [0.15, 0.2) is 30.0 Å². The number of ether oxygens (including phenoxy) is 1. The van der Waals surface area contributed by atoms with Crippen LogP contribution in [0, 0.1) is 21.8 Å². The molecule has 1 aliphatic rings. The molecule has 0 atom stereocenters. The number of hydrogen-bond acceptors (Lipinski definition) is 3. The third kappa shape index (κ3) is 4.05. The Morgan fingerprint density at radius 2 is 2.30 bits per heavy atom. The van der Waals surface area contributed by atoms with Gasteiger partial charge in [0.25, 0.3) is 5.69 Å². The Labute approximate surface area is 117 Å². The summed E-state index contributed by atoms with van der Waals surface area (Å²) in [5, 5.41) is 11.0. The summed E-state index contributed by atoms with van der Waals surface area (Å²) in [7, 11) is 0. The van der Waals surface area contributed by atoms with Gasteiger partial charge in [0.2, 0.25) is 0 Å². The topological polar surface area (TPSA) is 52.4 Å². The predicted octanol–water partition coefficient (Wildman–Crippen LogP) is 4.00. The van der Waals surface area contributed by atoms with Crippen LogP contribution < -0.4 is 0 Å². The van der Waals surface area contributed by atoms with Crippen LogP contribution in [0.3, 0.4) is 0 Å². The minimum Gasteiger partial charge on any atom is -0.502 e. The summed E-state index contributed by atoms with van der Waals surface area (Å²) in [5.41, 5.74) is 1.40. The molecule has 1 fully saturated rings. The highest BCUT2D eigenvalue weighted by atomic mass is 19.1. The van der Waals surface area contributed by atoms with Crippen molar-refractivity contribution in [2.45, 2.75) is 32.6 Å². The molecule has 0 saturated heterocycles. The summed E-state index contributed by atoms with van der Waals surface area (Å²) < 4.78 is 18.4. The van der Waals surface area contributed by atoms with Gasteiger partial charge in [-0.2, -0.15) is 0 Å². The Morgan fingerprint density at radius 3 is 2.90 bits per heavy atom. The van der Waals surface area contributed by atoms with Gasteiger partial charge in [-0.05, 0) is 49.8 Å². The van der Waals surface area contributed by atoms with Crippen LogP contribution in [-0.4, -0.2) is 11.5 Å². The summed E-state index contributed by atoms with van der Waals surface area (Å²) in [4.78, 5) is 10.5. The predicted molar refractivity (Wildman–Crippen MR) is 73.8 cm³/mol. The fourth-order valence-electron chi connectivity index (χ4n) is 2.16. The molecule has 1 saturated carbocycles. The second-order valence-electron chi connectivity index (χ2n) is 5.09. The van der Waals surface area contributed by atoms with Crippen LogP contribution in [0.5, 0.6) is 0 Å². The van der Waals surface area contributed by atoms with Crippen LogP contribution in [0.4, 0.5) is 10.1 Å². The van der Waals surface area contributed by atoms with E-state index < -0.39 is 10.7 Å². The zero-order valence-electron chi connectivity index (χ0n) is 11.5. The number of nitro benzene ring substituents is 1. The second-order valence-corrected chi connectivity index (χ2v) is 5.09. The van der Waals surface area contributed by atoms with E-state index in [1.807, 2.05) is 6.92 Å². The highest BCUT2D eigenvalue weighted by molar-refractivity contribution is 5.42. The van der Waals surface area contributed by atoms with Crippen molar-refractivity contribution in [3.63, 3.8) is 0 Å². The molecule has 1 aromatic carbocycles. The largest absolute Gasteiger partial charge is 0.502 e. The van der Waals surface area contributed by atoms with Gasteiger partial charge in [0.05, 0.1) is 23.9 Å². The second kappa shape index (κ2) is 6.50. The molecule has 0 amide bonds. The number of benzene rings is 1. The van der Waals surface area contributed by atoms with Crippen LogP contribution in [-0.2, 0) is 11.2 Å². The molecule has 0 aliphatic heterocycles. The van der Waals surface area contributed by atoms with Crippen LogP contribution >= 0.6 is 0 Å². The molecular weight excluding hydrogens is 261 g/mol. The van der Waals surface area contributed by atoms with Crippen molar-refractivity contribution in [1.82, 2.24) is 0 Å². The zero-order valence-corrected chi connectivity index (χ0v) is 11.5. The maximum absolute atomic E-state index is 13.1. The third-order valence-corrected chi connectivity index (χ3v) is 3.33. The van der Waals surface area contributed by atoms with E-state index in [0.717, 1.165) is 18.1 Å². The van der Waals surface area contributed by atoms with E-state index in [9.17, 15) is 14.5 Å². The van der Waals surface area contributed by atoms with Crippen molar-refractivity contribution in [3.8, 4) is 0 Å². The minimum atomic E-state index is -0.585. The van der Waals surface area contributed by atoms with Gasteiger partial charge in [0.1, 0.15) is 5.82 Å². The number of rotatable bonds is 7. The van der Waals surface area contributed by atoms with Crippen molar-refractivity contribution < 1.29 is 14.1 Å². The Kier molecular flexibility index (Phi) is 4.71. The van der Waals surface area contributed by atoms with Crippen molar-refractivity contribution in [2.24, 2.45) is 5.92 Å². The van der Waals surface area contributed by atoms with Gasteiger partial charge >= 0.3 is 0 Å². The normalized spacial score (nSPS) is 15.2. The number of hydrogen-bond donors (Lipinski definition) is 0. The van der Waals surface area contributed by atoms with E-state index in [-0.39, 0.29) is 5.69 Å². The highest BCUT2D eigenvalue weighted by Gasteiger charge is 2.24. The van der Waals surface area contributed by atoms with Gasteiger partial charge < -0.3 is 4.74 Å². The molecule has 0 aromatic heterocycles. The third-order valence-electron chi connectivity index (χ3n) is 3.33.